The number of nitrogens with zero attached hydrogens (tertiary/aromatic N) is 2. The van der Waals surface area contributed by atoms with E-state index in [4.69, 9.17) is 5.11 Å². The maximum atomic E-state index is 12.1. The Labute approximate surface area is 122 Å². The number of nitrogens with one attached hydrogen (secondary N) is 1. The van der Waals surface area contributed by atoms with Crippen molar-refractivity contribution in [1.82, 2.24) is 9.97 Å². The Kier molecular flexibility index (Phi) is 4.00. The van der Waals surface area contributed by atoms with Gasteiger partial charge in [-0.2, -0.15) is 0 Å². The van der Waals surface area contributed by atoms with E-state index in [1.54, 1.807) is 0 Å². The van der Waals surface area contributed by atoms with Gasteiger partial charge in [-0.3, -0.25) is 9.71 Å². The molecule has 0 aromatic carbocycles. The zero-order valence-electron chi connectivity index (χ0n) is 9.82. The Hall–Kier alpha value is -2.00. The summed E-state index contributed by atoms with van der Waals surface area (Å²) in [5, 5.41) is 8.81. The topological polar surface area (TPSA) is 109 Å². The molecule has 0 amide bonds. The molecular formula is C11H8BrN3O4S. The van der Waals surface area contributed by atoms with E-state index in [-0.39, 0.29) is 16.3 Å². The van der Waals surface area contributed by atoms with Gasteiger partial charge in [0.15, 0.2) is 0 Å². The van der Waals surface area contributed by atoms with Crippen molar-refractivity contribution in [3.8, 4) is 0 Å². The molecule has 0 aliphatic carbocycles. The van der Waals surface area contributed by atoms with E-state index in [0.717, 1.165) is 6.07 Å². The van der Waals surface area contributed by atoms with E-state index >= 15 is 0 Å². The molecule has 0 radical (unpaired) electrons. The SMILES string of the molecule is O=C(O)c1cc(NS(=O)(=O)c2cncc(Br)c2)ccn1. The summed E-state index contributed by atoms with van der Waals surface area (Å²) in [6, 6.07) is 3.87. The quantitative estimate of drug-likeness (QED) is 0.862. The predicted molar refractivity (Wildman–Crippen MR) is 73.9 cm³/mol. The summed E-state index contributed by atoms with van der Waals surface area (Å²) < 4.78 is 27.0. The summed E-state index contributed by atoms with van der Waals surface area (Å²) in [4.78, 5) is 18.1. The molecule has 0 spiro atoms. The lowest BCUT2D eigenvalue weighted by Gasteiger charge is -2.08. The number of carbonyl (C=O) groups is 1. The molecule has 0 aliphatic rings. The molecule has 0 bridgehead atoms. The van der Waals surface area contributed by atoms with Gasteiger partial charge in [-0.05, 0) is 34.1 Å². The molecule has 104 valence electrons. The normalized spacial score (nSPS) is 11.1. The number of hydrogen-bond acceptors (Lipinski definition) is 5. The van der Waals surface area contributed by atoms with Gasteiger partial charge < -0.3 is 5.11 Å². The first kappa shape index (κ1) is 14.4. The molecule has 0 fully saturated rings. The Bertz CT molecular complexity index is 764. The summed E-state index contributed by atoms with van der Waals surface area (Å²) in [5.41, 5.74) is -0.144. The number of hydrogen-bond donors (Lipinski definition) is 2. The van der Waals surface area contributed by atoms with E-state index < -0.39 is 16.0 Å². The summed E-state index contributed by atoms with van der Waals surface area (Å²) >= 11 is 3.13. The highest BCUT2D eigenvalue weighted by atomic mass is 79.9. The van der Waals surface area contributed by atoms with Crippen LogP contribution in [-0.4, -0.2) is 29.5 Å². The van der Waals surface area contributed by atoms with Crippen molar-refractivity contribution in [2.75, 3.05) is 4.72 Å². The molecule has 0 saturated heterocycles. The average Bonchev–Trinajstić information content (AvgIpc) is 2.38. The van der Waals surface area contributed by atoms with Crippen LogP contribution in [-0.2, 0) is 10.0 Å². The van der Waals surface area contributed by atoms with Gasteiger partial charge in [0.25, 0.3) is 10.0 Å². The summed E-state index contributed by atoms with van der Waals surface area (Å²) in [7, 11) is -3.84. The van der Waals surface area contributed by atoms with Crippen molar-refractivity contribution in [2.45, 2.75) is 4.90 Å². The highest BCUT2D eigenvalue weighted by Gasteiger charge is 2.16. The van der Waals surface area contributed by atoms with Gasteiger partial charge in [0, 0.05) is 23.1 Å². The molecule has 2 aromatic rings. The van der Waals surface area contributed by atoms with Gasteiger partial charge in [0.05, 0.1) is 5.69 Å². The van der Waals surface area contributed by atoms with Crippen LogP contribution in [0.25, 0.3) is 0 Å². The van der Waals surface area contributed by atoms with Crippen LogP contribution in [0.2, 0.25) is 0 Å². The lowest BCUT2D eigenvalue weighted by molar-refractivity contribution is 0.0690. The minimum absolute atomic E-state index is 0.0411. The average molecular weight is 358 g/mol. The number of carboxylic acids is 1. The highest BCUT2D eigenvalue weighted by Crippen LogP contribution is 2.18. The van der Waals surface area contributed by atoms with E-state index in [0.29, 0.717) is 4.47 Å². The third-order valence-corrected chi connectivity index (χ3v) is 4.00. The second-order valence-electron chi connectivity index (χ2n) is 3.68. The second-order valence-corrected chi connectivity index (χ2v) is 6.28. The zero-order chi connectivity index (χ0) is 14.8. The number of carboxylic acid groups (broad SMARTS) is 1. The third-order valence-electron chi connectivity index (χ3n) is 2.22. The number of aromatic carboxylic acids is 1. The van der Waals surface area contributed by atoms with E-state index in [1.807, 2.05) is 0 Å². The lowest BCUT2D eigenvalue weighted by Crippen LogP contribution is -2.14. The number of pyridine rings is 2. The third kappa shape index (κ3) is 3.31. The number of halogens is 1. The van der Waals surface area contributed by atoms with Gasteiger partial charge >= 0.3 is 5.97 Å². The van der Waals surface area contributed by atoms with Gasteiger partial charge in [-0.15, -0.1) is 0 Å². The lowest BCUT2D eigenvalue weighted by atomic mass is 10.3. The highest BCUT2D eigenvalue weighted by molar-refractivity contribution is 9.10. The van der Waals surface area contributed by atoms with Crippen LogP contribution in [0.4, 0.5) is 5.69 Å². The van der Waals surface area contributed by atoms with Gasteiger partial charge in [0.2, 0.25) is 0 Å². The van der Waals surface area contributed by atoms with Crippen molar-refractivity contribution < 1.29 is 18.3 Å². The van der Waals surface area contributed by atoms with Crippen LogP contribution in [0, 0.1) is 0 Å². The Balaban J connectivity index is 2.33. The Morgan fingerprint density at radius 3 is 2.70 bits per heavy atom. The van der Waals surface area contributed by atoms with Gasteiger partial charge in [-0.1, -0.05) is 0 Å². The molecule has 2 rings (SSSR count). The zero-order valence-corrected chi connectivity index (χ0v) is 12.2. The van der Waals surface area contributed by atoms with Crippen molar-refractivity contribution in [1.29, 1.82) is 0 Å². The fraction of sp³-hybridized carbons (Fsp3) is 0. The van der Waals surface area contributed by atoms with Crippen LogP contribution in [0.15, 0.2) is 46.2 Å². The minimum Gasteiger partial charge on any atom is -0.477 e. The molecule has 20 heavy (non-hydrogen) atoms. The van der Waals surface area contributed by atoms with E-state index in [2.05, 4.69) is 30.6 Å². The molecule has 9 heteroatoms. The molecule has 0 atom stereocenters. The van der Waals surface area contributed by atoms with Crippen LogP contribution in [0.1, 0.15) is 10.5 Å². The number of anilines is 1. The molecular weight excluding hydrogens is 350 g/mol. The Morgan fingerprint density at radius 2 is 2.05 bits per heavy atom. The predicted octanol–water partition coefficient (Wildman–Crippen LogP) is 1.74. The standard InChI is InChI=1S/C11H8BrN3O4S/c12-7-3-9(6-13-5-7)20(18,19)15-8-1-2-14-10(4-8)11(16)17/h1-6H,(H,14,15)(H,16,17). The maximum Gasteiger partial charge on any atom is 0.354 e. The summed E-state index contributed by atoms with van der Waals surface area (Å²) in [6.45, 7) is 0. The first-order chi connectivity index (χ1) is 9.38. The van der Waals surface area contributed by atoms with Crippen LogP contribution < -0.4 is 4.72 Å². The largest absolute Gasteiger partial charge is 0.477 e. The molecule has 0 aliphatic heterocycles. The second kappa shape index (κ2) is 5.55. The van der Waals surface area contributed by atoms with E-state index in [9.17, 15) is 13.2 Å². The maximum absolute atomic E-state index is 12.1. The van der Waals surface area contributed by atoms with Crippen LogP contribution >= 0.6 is 15.9 Å². The van der Waals surface area contributed by atoms with E-state index in [1.165, 1.54) is 30.7 Å². The monoisotopic (exact) mass is 357 g/mol. The molecule has 7 nitrogen and oxygen atoms in total. The first-order valence-electron chi connectivity index (χ1n) is 5.21. The number of sulfonamides is 1. The fourth-order valence-electron chi connectivity index (χ4n) is 1.36. The first-order valence-corrected chi connectivity index (χ1v) is 7.49. The minimum atomic E-state index is -3.84. The van der Waals surface area contributed by atoms with Crippen LogP contribution in [0.3, 0.4) is 0 Å². The number of rotatable bonds is 4. The molecule has 2 heterocycles. The van der Waals surface area contributed by atoms with Crippen molar-refractivity contribution in [3.05, 3.63) is 47.0 Å². The summed E-state index contributed by atoms with van der Waals surface area (Å²) in [5.74, 6) is -1.24. The van der Waals surface area contributed by atoms with Crippen molar-refractivity contribution in [2.24, 2.45) is 0 Å². The van der Waals surface area contributed by atoms with Gasteiger partial charge in [0.1, 0.15) is 10.6 Å². The molecule has 0 saturated carbocycles. The Morgan fingerprint density at radius 1 is 1.30 bits per heavy atom. The van der Waals surface area contributed by atoms with Crippen molar-refractivity contribution >= 4 is 37.6 Å². The molecule has 2 N–H and O–H groups in total. The molecule has 0 unspecified atom stereocenters. The molecule has 2 aromatic heterocycles. The smallest absolute Gasteiger partial charge is 0.354 e. The van der Waals surface area contributed by atoms with Crippen molar-refractivity contribution in [3.63, 3.8) is 0 Å². The number of aromatic nitrogens is 2. The summed E-state index contributed by atoms with van der Waals surface area (Å²) in [6.07, 6.45) is 3.85. The van der Waals surface area contributed by atoms with Crippen LogP contribution in [0.5, 0.6) is 0 Å². The van der Waals surface area contributed by atoms with Gasteiger partial charge in [-0.25, -0.2) is 18.2 Å². The fourth-order valence-corrected chi connectivity index (χ4v) is 2.92.